The summed E-state index contributed by atoms with van der Waals surface area (Å²) in [6.45, 7) is 6.24. The minimum Gasteiger partial charge on any atom is -0.310 e. The van der Waals surface area contributed by atoms with Gasteiger partial charge in [0.25, 0.3) is 0 Å². The summed E-state index contributed by atoms with van der Waals surface area (Å²) in [4.78, 5) is 1.23. The SMILES string of the molecule is CC(C)CNCc1nnc(-c2cc3sccc3s2)s1. The van der Waals surface area contributed by atoms with Crippen molar-refractivity contribution in [3.8, 4) is 9.88 Å². The van der Waals surface area contributed by atoms with Gasteiger partial charge in [0.1, 0.15) is 5.01 Å². The van der Waals surface area contributed by atoms with E-state index in [0.717, 1.165) is 23.1 Å². The third-order valence-corrected chi connectivity index (χ3v) is 5.83. The second kappa shape index (κ2) is 5.66. The Labute approximate surface area is 124 Å². The lowest BCUT2D eigenvalue weighted by Crippen LogP contribution is -2.18. The number of fused-ring (bicyclic) bond motifs is 1. The summed E-state index contributed by atoms with van der Waals surface area (Å²) >= 11 is 5.26. The van der Waals surface area contributed by atoms with Crippen LogP contribution in [0.4, 0.5) is 0 Å². The minimum absolute atomic E-state index is 0.663. The smallest absolute Gasteiger partial charge is 0.157 e. The predicted molar refractivity (Wildman–Crippen MR) is 85.1 cm³/mol. The monoisotopic (exact) mass is 309 g/mol. The van der Waals surface area contributed by atoms with E-state index in [-0.39, 0.29) is 0 Å². The van der Waals surface area contributed by atoms with E-state index in [9.17, 15) is 0 Å². The predicted octanol–water partition coefficient (Wildman–Crippen LogP) is 4.23. The van der Waals surface area contributed by atoms with Crippen LogP contribution in [0.1, 0.15) is 18.9 Å². The fraction of sp³-hybridized carbons (Fsp3) is 0.385. The number of rotatable bonds is 5. The van der Waals surface area contributed by atoms with E-state index < -0.39 is 0 Å². The fourth-order valence-electron chi connectivity index (χ4n) is 1.76. The number of hydrogen-bond acceptors (Lipinski definition) is 6. The average molecular weight is 309 g/mol. The lowest BCUT2D eigenvalue weighted by Gasteiger charge is -2.03. The van der Waals surface area contributed by atoms with Gasteiger partial charge in [0, 0.05) is 15.9 Å². The average Bonchev–Trinajstić information content (AvgIpc) is 3.01. The highest BCUT2D eigenvalue weighted by Crippen LogP contribution is 2.37. The molecule has 3 nitrogen and oxygen atoms in total. The second-order valence-electron chi connectivity index (χ2n) is 4.79. The Morgan fingerprint density at radius 2 is 2.11 bits per heavy atom. The highest BCUT2D eigenvalue weighted by atomic mass is 32.1. The molecule has 0 saturated heterocycles. The summed E-state index contributed by atoms with van der Waals surface area (Å²) in [6, 6.07) is 4.39. The van der Waals surface area contributed by atoms with Gasteiger partial charge in [-0.3, -0.25) is 0 Å². The molecule has 0 bridgehead atoms. The zero-order valence-electron chi connectivity index (χ0n) is 10.8. The van der Waals surface area contributed by atoms with Gasteiger partial charge in [-0.1, -0.05) is 25.2 Å². The molecule has 0 aliphatic carbocycles. The van der Waals surface area contributed by atoms with Crippen molar-refractivity contribution < 1.29 is 0 Å². The van der Waals surface area contributed by atoms with Gasteiger partial charge in [-0.2, -0.15) is 0 Å². The molecule has 0 atom stereocenters. The van der Waals surface area contributed by atoms with Gasteiger partial charge in [0.15, 0.2) is 5.01 Å². The van der Waals surface area contributed by atoms with Crippen molar-refractivity contribution in [2.45, 2.75) is 20.4 Å². The lowest BCUT2D eigenvalue weighted by molar-refractivity contribution is 0.550. The molecule has 0 unspecified atom stereocenters. The van der Waals surface area contributed by atoms with Crippen molar-refractivity contribution >= 4 is 43.4 Å². The molecule has 6 heteroatoms. The van der Waals surface area contributed by atoms with Crippen LogP contribution in [0, 0.1) is 5.92 Å². The van der Waals surface area contributed by atoms with Crippen LogP contribution in [0.15, 0.2) is 17.5 Å². The molecule has 0 aliphatic rings. The first-order valence-corrected chi connectivity index (χ1v) is 8.74. The van der Waals surface area contributed by atoms with Crippen LogP contribution in [0.3, 0.4) is 0 Å². The highest BCUT2D eigenvalue weighted by molar-refractivity contribution is 7.30. The molecule has 0 radical (unpaired) electrons. The minimum atomic E-state index is 0.663. The Morgan fingerprint density at radius 3 is 2.89 bits per heavy atom. The maximum Gasteiger partial charge on any atom is 0.157 e. The van der Waals surface area contributed by atoms with Crippen molar-refractivity contribution in [2.24, 2.45) is 5.92 Å². The zero-order valence-corrected chi connectivity index (χ0v) is 13.3. The van der Waals surface area contributed by atoms with Crippen LogP contribution < -0.4 is 5.32 Å². The van der Waals surface area contributed by atoms with Crippen LogP contribution >= 0.6 is 34.0 Å². The topological polar surface area (TPSA) is 37.8 Å². The summed E-state index contributed by atoms with van der Waals surface area (Å²) in [5, 5.41) is 16.2. The van der Waals surface area contributed by atoms with Crippen LogP contribution in [0.5, 0.6) is 0 Å². The quantitative estimate of drug-likeness (QED) is 0.766. The first kappa shape index (κ1) is 13.2. The number of aromatic nitrogens is 2. The molecule has 0 saturated carbocycles. The number of hydrogen-bond donors (Lipinski definition) is 1. The molecule has 100 valence electrons. The Morgan fingerprint density at radius 1 is 1.21 bits per heavy atom. The second-order valence-corrected chi connectivity index (χ2v) is 7.88. The molecule has 0 fully saturated rings. The standard InChI is InChI=1S/C13H15N3S3/c1-8(2)6-14-7-12-15-16-13(19-12)11-5-10-9(18-11)3-4-17-10/h3-5,8,14H,6-7H2,1-2H3. The molecule has 3 aromatic heterocycles. The third-order valence-electron chi connectivity index (χ3n) is 2.65. The molecule has 3 rings (SSSR count). The molecule has 0 amide bonds. The maximum atomic E-state index is 4.30. The Hall–Kier alpha value is -0.820. The molecule has 0 aliphatic heterocycles. The summed E-state index contributed by atoms with van der Waals surface area (Å²) in [7, 11) is 0. The van der Waals surface area contributed by atoms with Crippen molar-refractivity contribution in [3.05, 3.63) is 22.5 Å². The van der Waals surface area contributed by atoms with Crippen molar-refractivity contribution in [2.75, 3.05) is 6.54 Å². The van der Waals surface area contributed by atoms with E-state index in [1.807, 2.05) is 0 Å². The van der Waals surface area contributed by atoms with E-state index >= 15 is 0 Å². The van der Waals surface area contributed by atoms with Gasteiger partial charge in [0.05, 0.1) is 4.88 Å². The van der Waals surface area contributed by atoms with Crippen LogP contribution in [-0.2, 0) is 6.54 Å². The van der Waals surface area contributed by atoms with E-state index in [4.69, 9.17) is 0 Å². The van der Waals surface area contributed by atoms with Gasteiger partial charge in [-0.05, 0) is 30.0 Å². The first-order valence-electron chi connectivity index (χ1n) is 6.23. The third kappa shape index (κ3) is 3.02. The number of nitrogens with one attached hydrogen (secondary N) is 1. The molecule has 0 spiro atoms. The maximum absolute atomic E-state index is 4.30. The van der Waals surface area contributed by atoms with E-state index in [1.54, 1.807) is 34.0 Å². The van der Waals surface area contributed by atoms with Crippen molar-refractivity contribution in [1.82, 2.24) is 15.5 Å². The fourth-order valence-corrected chi connectivity index (χ4v) is 4.72. The molecular weight excluding hydrogens is 294 g/mol. The first-order chi connectivity index (χ1) is 9.22. The lowest BCUT2D eigenvalue weighted by atomic mass is 10.2. The van der Waals surface area contributed by atoms with Gasteiger partial charge in [-0.15, -0.1) is 32.9 Å². The van der Waals surface area contributed by atoms with Gasteiger partial charge < -0.3 is 5.32 Å². The van der Waals surface area contributed by atoms with Crippen molar-refractivity contribution in [1.29, 1.82) is 0 Å². The normalized spacial score (nSPS) is 11.7. The Kier molecular flexibility index (Phi) is 3.93. The van der Waals surface area contributed by atoms with Gasteiger partial charge in [-0.25, -0.2) is 0 Å². The van der Waals surface area contributed by atoms with E-state index in [1.165, 1.54) is 14.3 Å². The van der Waals surface area contributed by atoms with E-state index in [2.05, 4.69) is 46.9 Å². The highest BCUT2D eigenvalue weighted by Gasteiger charge is 2.10. The molecule has 3 aromatic rings. The number of thiophene rings is 2. The summed E-state index contributed by atoms with van der Waals surface area (Å²) in [5.74, 6) is 0.663. The van der Waals surface area contributed by atoms with Crippen LogP contribution in [-0.4, -0.2) is 16.7 Å². The Bertz CT molecular complexity index is 637. The summed E-state index contributed by atoms with van der Waals surface area (Å²) in [6.07, 6.45) is 0. The van der Waals surface area contributed by atoms with Crippen LogP contribution in [0.25, 0.3) is 19.3 Å². The molecule has 0 aromatic carbocycles. The molecule has 3 heterocycles. The van der Waals surface area contributed by atoms with Gasteiger partial charge in [0.2, 0.25) is 0 Å². The summed E-state index contributed by atoms with van der Waals surface area (Å²) < 4.78 is 2.68. The van der Waals surface area contributed by atoms with Crippen LogP contribution in [0.2, 0.25) is 0 Å². The van der Waals surface area contributed by atoms with Gasteiger partial charge >= 0.3 is 0 Å². The van der Waals surface area contributed by atoms with Crippen molar-refractivity contribution in [3.63, 3.8) is 0 Å². The number of nitrogens with zero attached hydrogens (tertiary/aromatic N) is 2. The molecular formula is C13H15N3S3. The molecule has 1 N–H and O–H groups in total. The molecule has 19 heavy (non-hydrogen) atoms. The summed E-state index contributed by atoms with van der Waals surface area (Å²) in [5.41, 5.74) is 0. The zero-order chi connectivity index (χ0) is 13.2. The Balaban J connectivity index is 1.72. The largest absolute Gasteiger partial charge is 0.310 e. The van der Waals surface area contributed by atoms with E-state index in [0.29, 0.717) is 5.92 Å².